The fourth-order valence-corrected chi connectivity index (χ4v) is 4.36. The molecule has 3 rings (SSSR count). The van der Waals surface area contributed by atoms with Crippen LogP contribution in [0.2, 0.25) is 0 Å². The Morgan fingerprint density at radius 3 is 2.68 bits per heavy atom. The number of nitrogens with zero attached hydrogens (tertiary/aromatic N) is 1. The van der Waals surface area contributed by atoms with Crippen LogP contribution in [0.25, 0.3) is 0 Å². The summed E-state index contributed by atoms with van der Waals surface area (Å²) < 4.78 is 5.98. The number of amides is 2. The smallest absolute Gasteiger partial charge is 0.227 e. The van der Waals surface area contributed by atoms with Crippen LogP contribution in [0.15, 0.2) is 30.3 Å². The average Bonchev–Trinajstić information content (AvgIpc) is 2.73. The number of likely N-dealkylation sites (tertiary alicyclic amines) is 1. The number of hydrogen-bond acceptors (Lipinski definition) is 3. The van der Waals surface area contributed by atoms with Crippen molar-refractivity contribution < 1.29 is 14.3 Å². The summed E-state index contributed by atoms with van der Waals surface area (Å²) in [5, 5.41) is 3.01. The van der Waals surface area contributed by atoms with E-state index in [1.54, 1.807) is 0 Å². The first-order chi connectivity index (χ1) is 13.6. The molecule has 1 heterocycles. The minimum atomic E-state index is -0.109. The SMILES string of the molecule is C[C@@H]1CCCC[C@H]1OCCNC(=O)[C@@H]1CCCN(C(=O)Cc2ccccc2)C1. The van der Waals surface area contributed by atoms with Gasteiger partial charge in [-0.1, -0.05) is 50.1 Å². The number of piperidine rings is 1. The third-order valence-electron chi connectivity index (χ3n) is 6.11. The molecule has 2 fully saturated rings. The number of benzene rings is 1. The Hall–Kier alpha value is -1.88. The normalized spacial score (nSPS) is 25.3. The molecule has 2 amide bonds. The monoisotopic (exact) mass is 386 g/mol. The maximum absolute atomic E-state index is 12.6. The third-order valence-corrected chi connectivity index (χ3v) is 6.11. The van der Waals surface area contributed by atoms with E-state index < -0.39 is 0 Å². The predicted octanol–water partition coefficient (Wildman–Crippen LogP) is 3.18. The van der Waals surface area contributed by atoms with Crippen molar-refractivity contribution in [3.8, 4) is 0 Å². The van der Waals surface area contributed by atoms with Crippen LogP contribution in [0, 0.1) is 11.8 Å². The van der Waals surface area contributed by atoms with Crippen LogP contribution in [-0.4, -0.2) is 49.1 Å². The molecule has 0 spiro atoms. The van der Waals surface area contributed by atoms with Crippen molar-refractivity contribution in [3.05, 3.63) is 35.9 Å². The van der Waals surface area contributed by atoms with E-state index in [0.29, 0.717) is 38.1 Å². The van der Waals surface area contributed by atoms with Crippen LogP contribution < -0.4 is 5.32 Å². The Morgan fingerprint density at radius 1 is 1.11 bits per heavy atom. The number of carbonyl (C=O) groups is 2. The highest BCUT2D eigenvalue weighted by Crippen LogP contribution is 2.26. The molecule has 1 N–H and O–H groups in total. The topological polar surface area (TPSA) is 58.6 Å². The van der Waals surface area contributed by atoms with Gasteiger partial charge in [-0.25, -0.2) is 0 Å². The van der Waals surface area contributed by atoms with E-state index >= 15 is 0 Å². The molecule has 154 valence electrons. The number of rotatable bonds is 7. The maximum atomic E-state index is 12.6. The van der Waals surface area contributed by atoms with Gasteiger partial charge in [0.1, 0.15) is 0 Å². The lowest BCUT2D eigenvalue weighted by Crippen LogP contribution is -2.46. The van der Waals surface area contributed by atoms with Crippen molar-refractivity contribution >= 4 is 11.8 Å². The van der Waals surface area contributed by atoms with Crippen LogP contribution in [0.3, 0.4) is 0 Å². The fraction of sp³-hybridized carbons (Fsp3) is 0.652. The van der Waals surface area contributed by atoms with Crippen molar-refractivity contribution in [2.45, 2.75) is 58.0 Å². The summed E-state index contributed by atoms with van der Waals surface area (Å²) in [6.07, 6.45) is 7.40. The van der Waals surface area contributed by atoms with Gasteiger partial charge in [0.2, 0.25) is 11.8 Å². The zero-order valence-electron chi connectivity index (χ0n) is 17.1. The third kappa shape index (κ3) is 6.06. The van der Waals surface area contributed by atoms with Crippen molar-refractivity contribution in [2.75, 3.05) is 26.2 Å². The Bertz CT molecular complexity index is 634. The summed E-state index contributed by atoms with van der Waals surface area (Å²) in [6.45, 7) is 4.66. The summed E-state index contributed by atoms with van der Waals surface area (Å²) >= 11 is 0. The average molecular weight is 387 g/mol. The Balaban J connectivity index is 1.38. The number of carbonyl (C=O) groups excluding carboxylic acids is 2. The summed E-state index contributed by atoms with van der Waals surface area (Å²) in [4.78, 5) is 27.0. The summed E-state index contributed by atoms with van der Waals surface area (Å²) in [5.74, 6) is 0.671. The van der Waals surface area contributed by atoms with Gasteiger partial charge in [-0.2, -0.15) is 0 Å². The minimum Gasteiger partial charge on any atom is -0.376 e. The summed E-state index contributed by atoms with van der Waals surface area (Å²) in [6, 6.07) is 9.79. The molecule has 28 heavy (non-hydrogen) atoms. The predicted molar refractivity (Wildman–Crippen MR) is 110 cm³/mol. The lowest BCUT2D eigenvalue weighted by Gasteiger charge is -2.32. The molecule has 1 saturated carbocycles. The molecule has 5 nitrogen and oxygen atoms in total. The number of nitrogens with one attached hydrogen (secondary N) is 1. The fourth-order valence-electron chi connectivity index (χ4n) is 4.36. The lowest BCUT2D eigenvalue weighted by molar-refractivity contribution is -0.135. The molecule has 1 aromatic carbocycles. The molecule has 0 radical (unpaired) electrons. The number of ether oxygens (including phenoxy) is 1. The van der Waals surface area contributed by atoms with Crippen molar-refractivity contribution in [3.63, 3.8) is 0 Å². The zero-order chi connectivity index (χ0) is 19.8. The summed E-state index contributed by atoms with van der Waals surface area (Å²) in [5.41, 5.74) is 1.02. The van der Waals surface area contributed by atoms with Gasteiger partial charge in [-0.05, 0) is 37.2 Å². The lowest BCUT2D eigenvalue weighted by atomic mass is 9.88. The van der Waals surface area contributed by atoms with Crippen LogP contribution in [-0.2, 0) is 20.7 Å². The van der Waals surface area contributed by atoms with Crippen LogP contribution in [0.5, 0.6) is 0 Å². The second-order valence-corrected chi connectivity index (χ2v) is 8.30. The van der Waals surface area contributed by atoms with Gasteiger partial charge < -0.3 is 15.0 Å². The van der Waals surface area contributed by atoms with Gasteiger partial charge in [0.05, 0.1) is 25.0 Å². The van der Waals surface area contributed by atoms with Gasteiger partial charge in [-0.15, -0.1) is 0 Å². The highest BCUT2D eigenvalue weighted by molar-refractivity contribution is 5.82. The van der Waals surface area contributed by atoms with Gasteiger partial charge in [0.25, 0.3) is 0 Å². The molecule has 0 bridgehead atoms. The van der Waals surface area contributed by atoms with Gasteiger partial charge in [0, 0.05) is 19.6 Å². The minimum absolute atomic E-state index is 0.0532. The molecule has 0 unspecified atom stereocenters. The molecule has 1 aliphatic heterocycles. The van der Waals surface area contributed by atoms with E-state index in [1.807, 2.05) is 35.2 Å². The Kier molecular flexibility index (Phi) is 7.90. The molecule has 3 atom stereocenters. The van der Waals surface area contributed by atoms with E-state index in [4.69, 9.17) is 4.74 Å². The second-order valence-electron chi connectivity index (χ2n) is 8.30. The Labute approximate surface area is 168 Å². The summed E-state index contributed by atoms with van der Waals surface area (Å²) in [7, 11) is 0. The Morgan fingerprint density at radius 2 is 1.89 bits per heavy atom. The quantitative estimate of drug-likeness (QED) is 0.732. The first-order valence-electron chi connectivity index (χ1n) is 10.8. The van der Waals surface area contributed by atoms with Crippen molar-refractivity contribution in [2.24, 2.45) is 11.8 Å². The van der Waals surface area contributed by atoms with E-state index in [0.717, 1.165) is 31.4 Å². The molecule has 2 aliphatic rings. The second kappa shape index (κ2) is 10.6. The molecule has 1 aliphatic carbocycles. The van der Waals surface area contributed by atoms with Gasteiger partial charge in [-0.3, -0.25) is 9.59 Å². The highest BCUT2D eigenvalue weighted by atomic mass is 16.5. The van der Waals surface area contributed by atoms with Crippen LogP contribution >= 0.6 is 0 Å². The van der Waals surface area contributed by atoms with Gasteiger partial charge >= 0.3 is 0 Å². The molecular formula is C23H34N2O3. The maximum Gasteiger partial charge on any atom is 0.227 e. The highest BCUT2D eigenvalue weighted by Gasteiger charge is 2.28. The molecule has 1 saturated heterocycles. The largest absolute Gasteiger partial charge is 0.376 e. The molecule has 0 aromatic heterocycles. The van der Waals surface area contributed by atoms with Gasteiger partial charge in [0.15, 0.2) is 0 Å². The molecular weight excluding hydrogens is 352 g/mol. The standard InChI is InChI=1S/C23H34N2O3/c1-18-8-5-6-12-21(18)28-15-13-24-23(27)20-11-7-14-25(17-20)22(26)16-19-9-3-2-4-10-19/h2-4,9-10,18,20-21H,5-8,11-17H2,1H3,(H,24,27)/t18-,20-,21-/m1/s1. The van der Waals surface area contributed by atoms with Crippen molar-refractivity contribution in [1.29, 1.82) is 0 Å². The molecule has 5 heteroatoms. The van der Waals surface area contributed by atoms with Crippen LogP contribution in [0.4, 0.5) is 0 Å². The van der Waals surface area contributed by atoms with E-state index in [-0.39, 0.29) is 17.7 Å². The van der Waals surface area contributed by atoms with Crippen molar-refractivity contribution in [1.82, 2.24) is 10.2 Å². The number of hydrogen-bond donors (Lipinski definition) is 1. The first-order valence-corrected chi connectivity index (χ1v) is 10.8. The van der Waals surface area contributed by atoms with Crippen LogP contribution in [0.1, 0.15) is 51.0 Å². The van der Waals surface area contributed by atoms with E-state index in [9.17, 15) is 9.59 Å². The molecule has 1 aromatic rings. The van der Waals surface area contributed by atoms with E-state index in [2.05, 4.69) is 12.2 Å². The first kappa shape index (κ1) is 20.8. The van der Waals surface area contributed by atoms with E-state index in [1.165, 1.54) is 19.3 Å². The zero-order valence-corrected chi connectivity index (χ0v) is 17.1.